The number of ether oxygens (including phenoxy) is 2. The number of imidazole rings is 1. The number of rotatable bonds is 6. The Labute approximate surface area is 179 Å². The molecule has 0 fully saturated rings. The number of hydrogen-bond acceptors (Lipinski definition) is 5. The molecule has 0 saturated heterocycles. The molecule has 0 saturated carbocycles. The number of pyridine rings is 1. The second-order valence-electron chi connectivity index (χ2n) is 6.91. The van der Waals surface area contributed by atoms with Crippen LogP contribution in [0.4, 0.5) is 10.1 Å². The van der Waals surface area contributed by atoms with Crippen LogP contribution in [0.1, 0.15) is 5.56 Å². The number of anilines is 1. The highest BCUT2D eigenvalue weighted by Crippen LogP contribution is 2.32. The van der Waals surface area contributed by atoms with Crippen molar-refractivity contribution in [2.24, 2.45) is 0 Å². The van der Waals surface area contributed by atoms with Gasteiger partial charge in [0.05, 0.1) is 30.5 Å². The second-order valence-corrected chi connectivity index (χ2v) is 8.60. The Hall–Kier alpha value is -3.59. The van der Waals surface area contributed by atoms with E-state index in [4.69, 9.17) is 9.47 Å². The molecule has 4 aromatic rings. The number of methoxy groups -OCH3 is 2. The normalized spacial score (nSPS) is 11.5. The minimum absolute atomic E-state index is 0.0411. The molecule has 0 aliphatic rings. The first kappa shape index (κ1) is 20.7. The number of nitrogens with zero attached hydrogens (tertiary/aromatic N) is 2. The highest BCUT2D eigenvalue weighted by Gasteiger charge is 2.20. The lowest BCUT2D eigenvalue weighted by Gasteiger charge is -2.13. The van der Waals surface area contributed by atoms with Crippen LogP contribution in [0, 0.1) is 12.7 Å². The Kier molecular flexibility index (Phi) is 5.28. The highest BCUT2D eigenvalue weighted by atomic mass is 32.2. The molecule has 0 radical (unpaired) electrons. The van der Waals surface area contributed by atoms with Gasteiger partial charge >= 0.3 is 0 Å². The van der Waals surface area contributed by atoms with E-state index in [1.807, 2.05) is 35.9 Å². The molecule has 0 bridgehead atoms. The van der Waals surface area contributed by atoms with E-state index in [0.29, 0.717) is 17.0 Å². The summed E-state index contributed by atoms with van der Waals surface area (Å²) < 4.78 is 54.2. The third-order valence-electron chi connectivity index (χ3n) is 4.79. The van der Waals surface area contributed by atoms with E-state index in [-0.39, 0.29) is 16.3 Å². The van der Waals surface area contributed by atoms with Crippen molar-refractivity contribution < 1.29 is 22.3 Å². The molecule has 160 valence electrons. The summed E-state index contributed by atoms with van der Waals surface area (Å²) in [6, 6.07) is 12.4. The van der Waals surface area contributed by atoms with Crippen LogP contribution >= 0.6 is 0 Å². The molecule has 0 aliphatic heterocycles. The summed E-state index contributed by atoms with van der Waals surface area (Å²) in [7, 11) is -1.33. The molecule has 1 N–H and O–H groups in total. The topological polar surface area (TPSA) is 81.9 Å². The van der Waals surface area contributed by atoms with Crippen LogP contribution in [0.3, 0.4) is 0 Å². The maximum Gasteiger partial charge on any atom is 0.262 e. The molecule has 31 heavy (non-hydrogen) atoms. The maximum atomic E-state index is 14.0. The van der Waals surface area contributed by atoms with Gasteiger partial charge in [-0.15, -0.1) is 0 Å². The van der Waals surface area contributed by atoms with Crippen LogP contribution in [0.5, 0.6) is 11.5 Å². The number of benzene rings is 2. The monoisotopic (exact) mass is 441 g/mol. The maximum absolute atomic E-state index is 14.0. The largest absolute Gasteiger partial charge is 0.495 e. The van der Waals surface area contributed by atoms with Gasteiger partial charge in [0.1, 0.15) is 11.4 Å². The SMILES string of the molecule is COc1ccc(S(=O)(=O)Nc2cc(-c3cn4ccc(C)cc4n3)ccc2OC)cc1F. The van der Waals surface area contributed by atoms with Gasteiger partial charge in [-0.25, -0.2) is 17.8 Å². The average molecular weight is 441 g/mol. The zero-order chi connectivity index (χ0) is 22.2. The van der Waals surface area contributed by atoms with Gasteiger partial charge in [0, 0.05) is 18.0 Å². The number of hydrogen-bond donors (Lipinski definition) is 1. The first-order chi connectivity index (χ1) is 14.8. The lowest BCUT2D eigenvalue weighted by atomic mass is 10.1. The minimum atomic E-state index is -4.07. The van der Waals surface area contributed by atoms with Crippen LogP contribution in [0.25, 0.3) is 16.9 Å². The van der Waals surface area contributed by atoms with Crippen LogP contribution < -0.4 is 14.2 Å². The van der Waals surface area contributed by atoms with Crippen molar-refractivity contribution in [3.05, 3.63) is 72.3 Å². The molecule has 0 aliphatic carbocycles. The van der Waals surface area contributed by atoms with E-state index >= 15 is 0 Å². The Balaban J connectivity index is 1.72. The Morgan fingerprint density at radius 1 is 1.00 bits per heavy atom. The van der Waals surface area contributed by atoms with Gasteiger partial charge in [0.25, 0.3) is 10.0 Å². The minimum Gasteiger partial charge on any atom is -0.495 e. The van der Waals surface area contributed by atoms with E-state index < -0.39 is 15.8 Å². The van der Waals surface area contributed by atoms with E-state index in [1.54, 1.807) is 18.2 Å². The number of aryl methyl sites for hydroxylation is 1. The zero-order valence-electron chi connectivity index (χ0n) is 17.1. The van der Waals surface area contributed by atoms with Gasteiger partial charge in [-0.3, -0.25) is 4.72 Å². The lowest BCUT2D eigenvalue weighted by molar-refractivity contribution is 0.385. The van der Waals surface area contributed by atoms with Crippen molar-refractivity contribution in [2.75, 3.05) is 18.9 Å². The molecule has 2 aromatic heterocycles. The van der Waals surface area contributed by atoms with Crippen molar-refractivity contribution >= 4 is 21.4 Å². The Bertz CT molecular complexity index is 1380. The van der Waals surface area contributed by atoms with Crippen molar-refractivity contribution in [2.45, 2.75) is 11.8 Å². The number of nitrogens with one attached hydrogen (secondary N) is 1. The van der Waals surface area contributed by atoms with Gasteiger partial charge in [-0.1, -0.05) is 0 Å². The Morgan fingerprint density at radius 2 is 1.74 bits per heavy atom. The van der Waals surface area contributed by atoms with Crippen LogP contribution in [0.2, 0.25) is 0 Å². The van der Waals surface area contributed by atoms with Crippen LogP contribution in [-0.4, -0.2) is 32.0 Å². The molecular formula is C22H20FN3O4S. The van der Waals surface area contributed by atoms with Gasteiger partial charge in [-0.2, -0.15) is 0 Å². The van der Waals surface area contributed by atoms with Gasteiger partial charge in [-0.05, 0) is 61.0 Å². The van der Waals surface area contributed by atoms with Gasteiger partial charge in [0.2, 0.25) is 0 Å². The van der Waals surface area contributed by atoms with Crippen molar-refractivity contribution in [1.82, 2.24) is 9.38 Å². The van der Waals surface area contributed by atoms with Crippen molar-refractivity contribution in [3.63, 3.8) is 0 Å². The van der Waals surface area contributed by atoms with Crippen molar-refractivity contribution in [3.8, 4) is 22.8 Å². The summed E-state index contributed by atoms with van der Waals surface area (Å²) >= 11 is 0. The predicted octanol–water partition coefficient (Wildman–Crippen LogP) is 4.27. The summed E-state index contributed by atoms with van der Waals surface area (Å²) in [5.41, 5.74) is 3.44. The molecule has 4 rings (SSSR count). The summed E-state index contributed by atoms with van der Waals surface area (Å²) in [4.78, 5) is 4.37. The molecule has 2 aromatic carbocycles. The fourth-order valence-electron chi connectivity index (χ4n) is 3.19. The second kappa shape index (κ2) is 7.92. The summed E-state index contributed by atoms with van der Waals surface area (Å²) in [6.45, 7) is 1.98. The van der Waals surface area contributed by atoms with E-state index in [9.17, 15) is 12.8 Å². The van der Waals surface area contributed by atoms with Gasteiger partial charge < -0.3 is 13.9 Å². The molecule has 0 atom stereocenters. The number of fused-ring (bicyclic) bond motifs is 1. The standard InChI is InChI=1S/C22H20FN3O4S/c1-14-8-9-26-13-19(24-22(26)10-14)15-4-6-21(30-3)18(11-15)25-31(27,28)16-5-7-20(29-2)17(23)12-16/h4-13,25H,1-3H3. The average Bonchev–Trinajstić information content (AvgIpc) is 3.16. The summed E-state index contributed by atoms with van der Waals surface area (Å²) in [5.74, 6) is -0.493. The lowest BCUT2D eigenvalue weighted by Crippen LogP contribution is -2.14. The molecular weight excluding hydrogens is 421 g/mol. The smallest absolute Gasteiger partial charge is 0.262 e. The summed E-state index contributed by atoms with van der Waals surface area (Å²) in [6.07, 6.45) is 3.76. The van der Waals surface area contributed by atoms with Crippen LogP contribution in [0.15, 0.2) is 65.8 Å². The molecule has 7 nitrogen and oxygen atoms in total. The summed E-state index contributed by atoms with van der Waals surface area (Å²) in [5, 5.41) is 0. The van der Waals surface area contributed by atoms with Crippen LogP contribution in [-0.2, 0) is 10.0 Å². The fraction of sp³-hybridized carbons (Fsp3) is 0.136. The van der Waals surface area contributed by atoms with Crippen molar-refractivity contribution in [1.29, 1.82) is 0 Å². The first-order valence-electron chi connectivity index (χ1n) is 9.31. The van der Waals surface area contributed by atoms with E-state index in [1.165, 1.54) is 26.4 Å². The predicted molar refractivity (Wildman–Crippen MR) is 116 cm³/mol. The fourth-order valence-corrected chi connectivity index (χ4v) is 4.26. The first-order valence-corrected chi connectivity index (χ1v) is 10.8. The quantitative estimate of drug-likeness (QED) is 0.483. The number of halogens is 1. The van der Waals surface area contributed by atoms with E-state index in [2.05, 4.69) is 9.71 Å². The third kappa shape index (κ3) is 4.04. The number of aromatic nitrogens is 2. The van der Waals surface area contributed by atoms with Gasteiger partial charge in [0.15, 0.2) is 11.6 Å². The molecule has 0 unspecified atom stereocenters. The molecule has 2 heterocycles. The molecule has 0 spiro atoms. The number of sulfonamides is 1. The highest BCUT2D eigenvalue weighted by molar-refractivity contribution is 7.92. The third-order valence-corrected chi connectivity index (χ3v) is 6.15. The molecule has 0 amide bonds. The Morgan fingerprint density at radius 3 is 2.45 bits per heavy atom. The van der Waals surface area contributed by atoms with E-state index in [0.717, 1.165) is 17.3 Å². The zero-order valence-corrected chi connectivity index (χ0v) is 17.9. The molecule has 9 heteroatoms.